The lowest BCUT2D eigenvalue weighted by Crippen LogP contribution is -2.36. The first-order valence-electron chi connectivity index (χ1n) is 9.62. The maximum absolute atomic E-state index is 13.3. The summed E-state index contributed by atoms with van der Waals surface area (Å²) in [7, 11) is 1.38. The van der Waals surface area contributed by atoms with Crippen LogP contribution in [0.3, 0.4) is 0 Å². The molecule has 2 aliphatic heterocycles. The molecule has 0 unspecified atom stereocenters. The average Bonchev–Trinajstić information content (AvgIpc) is 2.68. The molecule has 0 saturated carbocycles. The average molecular weight is 400 g/mol. The lowest BCUT2D eigenvalue weighted by Gasteiger charge is -2.36. The van der Waals surface area contributed by atoms with Gasteiger partial charge < -0.3 is 15.0 Å². The smallest absolute Gasteiger partial charge is 0.416 e. The van der Waals surface area contributed by atoms with Crippen molar-refractivity contribution >= 4 is 11.7 Å². The van der Waals surface area contributed by atoms with E-state index in [0.29, 0.717) is 25.2 Å². The second-order valence-electron chi connectivity index (χ2n) is 7.51. The molecule has 0 atom stereocenters. The molecule has 0 spiro atoms. The maximum atomic E-state index is 13.3. The zero-order valence-corrected chi connectivity index (χ0v) is 15.6. The van der Waals surface area contributed by atoms with E-state index in [1.54, 1.807) is 6.07 Å². The molecule has 4 nitrogen and oxygen atoms in total. The van der Waals surface area contributed by atoms with Crippen molar-refractivity contribution in [1.29, 1.82) is 0 Å². The van der Waals surface area contributed by atoms with Gasteiger partial charge in [-0.3, -0.25) is 4.79 Å². The van der Waals surface area contributed by atoms with Crippen molar-refractivity contribution in [3.63, 3.8) is 0 Å². The number of benzene rings is 1. The molecule has 1 N–H and O–H groups in total. The van der Waals surface area contributed by atoms with Crippen LogP contribution in [-0.4, -0.2) is 39.3 Å². The third-order valence-electron chi connectivity index (χ3n) is 5.77. The van der Waals surface area contributed by atoms with Crippen LogP contribution in [0.2, 0.25) is 0 Å². The Labute approximate surface area is 165 Å². The molecule has 28 heavy (non-hydrogen) atoms. The predicted molar refractivity (Wildman–Crippen MR) is 105 cm³/mol. The molecule has 158 valence electrons. The molecule has 1 aromatic carbocycles. The standard InChI is InChI=1S/C20H27F3N2O2.CH4/c1-27-19(26)12-14-6-10-25(11-7-14)18-13-16(20(21,22)23)2-3-17(18)15-4-8-24-9-5-15;/h2-3,13-15,24H,4-12H2,1H3;1H4. The monoisotopic (exact) mass is 400 g/mol. The van der Waals surface area contributed by atoms with Crippen LogP contribution in [0.4, 0.5) is 18.9 Å². The molecule has 2 aliphatic rings. The zero-order chi connectivity index (χ0) is 19.4. The van der Waals surface area contributed by atoms with Crippen LogP contribution in [0, 0.1) is 5.92 Å². The highest BCUT2D eigenvalue weighted by molar-refractivity contribution is 5.69. The molecule has 0 aliphatic carbocycles. The molecule has 3 rings (SSSR count). The number of anilines is 1. The second-order valence-corrected chi connectivity index (χ2v) is 7.51. The van der Waals surface area contributed by atoms with Crippen LogP contribution in [0.1, 0.15) is 56.6 Å². The SMILES string of the molecule is C.COC(=O)CC1CCN(c2cc(C(F)(F)F)ccc2C2CCNCC2)CC1. The number of esters is 1. The number of ether oxygens (including phenoxy) is 1. The Kier molecular flexibility index (Phi) is 7.75. The van der Waals surface area contributed by atoms with E-state index in [1.165, 1.54) is 19.2 Å². The van der Waals surface area contributed by atoms with Crippen LogP contribution < -0.4 is 10.2 Å². The largest absolute Gasteiger partial charge is 0.469 e. The van der Waals surface area contributed by atoms with Crippen LogP contribution in [-0.2, 0) is 15.7 Å². The minimum Gasteiger partial charge on any atom is -0.469 e. The van der Waals surface area contributed by atoms with Crippen molar-refractivity contribution in [2.75, 3.05) is 38.2 Å². The summed E-state index contributed by atoms with van der Waals surface area (Å²) in [6.07, 6.45) is -0.499. The van der Waals surface area contributed by atoms with Crippen molar-refractivity contribution < 1.29 is 22.7 Å². The molecule has 2 heterocycles. The Balaban J connectivity index is 0.00000280. The highest BCUT2D eigenvalue weighted by Crippen LogP contribution is 2.39. The van der Waals surface area contributed by atoms with Gasteiger partial charge in [-0.15, -0.1) is 0 Å². The van der Waals surface area contributed by atoms with Gasteiger partial charge in [-0.05, 0) is 68.3 Å². The van der Waals surface area contributed by atoms with Crippen LogP contribution in [0.25, 0.3) is 0 Å². The molecule has 0 bridgehead atoms. The topological polar surface area (TPSA) is 41.6 Å². The number of nitrogens with one attached hydrogen (secondary N) is 1. The second kappa shape index (κ2) is 9.63. The fourth-order valence-electron chi connectivity index (χ4n) is 4.17. The first kappa shape index (κ1) is 22.5. The molecule has 0 radical (unpaired) electrons. The van der Waals surface area contributed by atoms with E-state index in [9.17, 15) is 18.0 Å². The van der Waals surface area contributed by atoms with Gasteiger partial charge in [-0.2, -0.15) is 13.2 Å². The van der Waals surface area contributed by atoms with E-state index in [1.807, 2.05) is 0 Å². The van der Waals surface area contributed by atoms with Gasteiger partial charge in [0.1, 0.15) is 0 Å². The molecule has 7 heteroatoms. The van der Waals surface area contributed by atoms with Gasteiger partial charge in [0.2, 0.25) is 0 Å². The fourth-order valence-corrected chi connectivity index (χ4v) is 4.17. The minimum absolute atomic E-state index is 0. The van der Waals surface area contributed by atoms with E-state index in [2.05, 4.69) is 10.2 Å². The van der Waals surface area contributed by atoms with E-state index in [-0.39, 0.29) is 25.2 Å². The van der Waals surface area contributed by atoms with Gasteiger partial charge in [0.05, 0.1) is 12.7 Å². The Morgan fingerprint density at radius 1 is 1.18 bits per heavy atom. The van der Waals surface area contributed by atoms with Crippen molar-refractivity contribution in [1.82, 2.24) is 5.32 Å². The van der Waals surface area contributed by atoms with Gasteiger partial charge in [0.25, 0.3) is 0 Å². The number of carbonyl (C=O) groups excluding carboxylic acids is 1. The van der Waals surface area contributed by atoms with Crippen molar-refractivity contribution in [2.24, 2.45) is 5.92 Å². The first-order chi connectivity index (χ1) is 12.9. The van der Waals surface area contributed by atoms with E-state index in [4.69, 9.17) is 4.74 Å². The summed E-state index contributed by atoms with van der Waals surface area (Å²) < 4.78 is 44.6. The Morgan fingerprint density at radius 2 is 1.82 bits per heavy atom. The minimum atomic E-state index is -4.34. The molecule has 0 aromatic heterocycles. The van der Waals surface area contributed by atoms with Gasteiger partial charge in [-0.1, -0.05) is 13.5 Å². The number of alkyl halides is 3. The number of methoxy groups -OCH3 is 1. The number of hydrogen-bond donors (Lipinski definition) is 1. The first-order valence-corrected chi connectivity index (χ1v) is 9.62. The summed E-state index contributed by atoms with van der Waals surface area (Å²) in [6, 6.07) is 4.21. The van der Waals surface area contributed by atoms with Crippen molar-refractivity contribution in [2.45, 2.75) is 51.6 Å². The van der Waals surface area contributed by atoms with Crippen molar-refractivity contribution in [3.8, 4) is 0 Å². The number of carbonyl (C=O) groups is 1. The molecule has 2 saturated heterocycles. The predicted octanol–water partition coefficient (Wildman–Crippen LogP) is 4.59. The van der Waals surface area contributed by atoms with Gasteiger partial charge in [-0.25, -0.2) is 0 Å². The molecular weight excluding hydrogens is 369 g/mol. The summed E-state index contributed by atoms with van der Waals surface area (Å²) in [5.41, 5.74) is 1.15. The summed E-state index contributed by atoms with van der Waals surface area (Å²) >= 11 is 0. The third-order valence-corrected chi connectivity index (χ3v) is 5.77. The molecular formula is C21H31F3N2O2. The Hall–Kier alpha value is -1.76. The summed E-state index contributed by atoms with van der Waals surface area (Å²) in [4.78, 5) is 13.6. The third kappa shape index (κ3) is 5.40. The van der Waals surface area contributed by atoms with Gasteiger partial charge in [0.15, 0.2) is 0 Å². The highest BCUT2D eigenvalue weighted by atomic mass is 19.4. The number of halogens is 3. The Bertz CT molecular complexity index is 650. The van der Waals surface area contributed by atoms with Crippen LogP contribution in [0.5, 0.6) is 0 Å². The zero-order valence-electron chi connectivity index (χ0n) is 15.6. The quantitative estimate of drug-likeness (QED) is 0.751. The summed E-state index contributed by atoms with van der Waals surface area (Å²) in [5, 5.41) is 3.31. The highest BCUT2D eigenvalue weighted by Gasteiger charge is 2.33. The number of rotatable bonds is 4. The normalized spacial score (nSPS) is 19.2. The Morgan fingerprint density at radius 3 is 2.39 bits per heavy atom. The molecule has 0 amide bonds. The van der Waals surface area contributed by atoms with E-state index in [0.717, 1.165) is 44.3 Å². The molecule has 2 fully saturated rings. The number of nitrogens with zero attached hydrogens (tertiary/aromatic N) is 1. The molecule has 1 aromatic rings. The van der Waals surface area contributed by atoms with E-state index < -0.39 is 11.7 Å². The fraction of sp³-hybridized carbons (Fsp3) is 0.667. The van der Waals surface area contributed by atoms with Gasteiger partial charge in [0, 0.05) is 25.2 Å². The summed E-state index contributed by atoms with van der Waals surface area (Å²) in [6.45, 7) is 3.13. The lowest BCUT2D eigenvalue weighted by atomic mass is 9.86. The van der Waals surface area contributed by atoms with Gasteiger partial charge >= 0.3 is 12.1 Å². The summed E-state index contributed by atoms with van der Waals surface area (Å²) in [5.74, 6) is 0.307. The number of piperidine rings is 2. The van der Waals surface area contributed by atoms with Crippen LogP contribution >= 0.6 is 0 Å². The lowest BCUT2D eigenvalue weighted by molar-refractivity contribution is -0.142. The maximum Gasteiger partial charge on any atom is 0.416 e. The van der Waals surface area contributed by atoms with Crippen LogP contribution in [0.15, 0.2) is 18.2 Å². The number of hydrogen-bond acceptors (Lipinski definition) is 4. The van der Waals surface area contributed by atoms with E-state index >= 15 is 0 Å². The van der Waals surface area contributed by atoms with Crippen molar-refractivity contribution in [3.05, 3.63) is 29.3 Å².